The topological polar surface area (TPSA) is 255 Å². The van der Waals surface area contributed by atoms with Crippen LogP contribution in [0.15, 0.2) is 0 Å². The highest BCUT2D eigenvalue weighted by molar-refractivity contribution is 5.90. The van der Waals surface area contributed by atoms with Gasteiger partial charge in [0.1, 0.15) is 6.17 Å². The molecule has 3 amide bonds. The molecule has 1 rings (SSSR count). The number of carboxylic acids is 3. The van der Waals surface area contributed by atoms with Crippen molar-refractivity contribution < 1.29 is 48.9 Å². The fourth-order valence-electron chi connectivity index (χ4n) is 4.70. The van der Waals surface area contributed by atoms with E-state index in [1.807, 2.05) is 6.92 Å². The molecule has 0 aromatic carbocycles. The van der Waals surface area contributed by atoms with Gasteiger partial charge in [0.2, 0.25) is 17.7 Å². The maximum atomic E-state index is 13.0. The van der Waals surface area contributed by atoms with Crippen molar-refractivity contribution in [2.75, 3.05) is 85.1 Å². The number of hydrogen-bond acceptors (Lipinski definition) is 12. The molecule has 0 aliphatic carbocycles. The lowest BCUT2D eigenvalue weighted by Gasteiger charge is -2.36. The van der Waals surface area contributed by atoms with Gasteiger partial charge in [0, 0.05) is 58.9 Å². The summed E-state index contributed by atoms with van der Waals surface area (Å²) >= 11 is 0. The Hall–Kier alpha value is -3.71. The fourth-order valence-corrected chi connectivity index (χ4v) is 4.70. The molecule has 1 saturated heterocycles. The fraction of sp³-hybridized carbons (Fsp3) is 0.741. The quantitative estimate of drug-likeness (QED) is 0.0526. The molecule has 256 valence electrons. The number of nitrogens with one attached hydrogen (secondary N) is 3. The van der Waals surface area contributed by atoms with E-state index in [-0.39, 0.29) is 78.5 Å². The molecule has 8 N–H and O–H groups in total. The molecule has 45 heavy (non-hydrogen) atoms. The van der Waals surface area contributed by atoms with Crippen molar-refractivity contribution in [1.29, 1.82) is 0 Å². The van der Waals surface area contributed by atoms with Crippen LogP contribution in [0.25, 0.3) is 0 Å². The second kappa shape index (κ2) is 21.9. The van der Waals surface area contributed by atoms with Crippen LogP contribution in [0.4, 0.5) is 0 Å². The smallest absolute Gasteiger partial charge is 0.317 e. The Kier molecular flexibility index (Phi) is 19.1. The first-order chi connectivity index (χ1) is 21.3. The molecule has 0 aromatic heterocycles. The van der Waals surface area contributed by atoms with Crippen molar-refractivity contribution in [2.24, 2.45) is 5.73 Å². The first-order valence-corrected chi connectivity index (χ1v) is 14.9. The molecule has 1 heterocycles. The molecule has 1 fully saturated rings. The summed E-state index contributed by atoms with van der Waals surface area (Å²) in [4.78, 5) is 90.0. The molecule has 18 nitrogen and oxygen atoms in total. The van der Waals surface area contributed by atoms with Crippen LogP contribution in [0, 0.1) is 0 Å². The highest BCUT2D eigenvalue weighted by Crippen LogP contribution is 2.05. The van der Waals surface area contributed by atoms with Crippen LogP contribution in [0.2, 0.25) is 0 Å². The highest BCUT2D eigenvalue weighted by Gasteiger charge is 2.29. The van der Waals surface area contributed by atoms with E-state index < -0.39 is 54.3 Å². The van der Waals surface area contributed by atoms with E-state index in [9.17, 15) is 48.9 Å². The van der Waals surface area contributed by atoms with E-state index in [0.29, 0.717) is 12.8 Å². The number of amides is 3. The average Bonchev–Trinajstić information content (AvgIpc) is 2.95. The Morgan fingerprint density at radius 1 is 0.756 bits per heavy atom. The number of hydrogen-bond donors (Lipinski definition) is 7. The molecule has 0 spiro atoms. The van der Waals surface area contributed by atoms with E-state index in [4.69, 9.17) is 5.73 Å². The lowest BCUT2D eigenvalue weighted by Crippen LogP contribution is -2.59. The van der Waals surface area contributed by atoms with Gasteiger partial charge in [-0.25, -0.2) is 0 Å². The molecule has 1 aliphatic heterocycles. The Balaban J connectivity index is 3.13. The monoisotopic (exact) mass is 644 g/mol. The predicted octanol–water partition coefficient (Wildman–Crippen LogP) is -3.76. The summed E-state index contributed by atoms with van der Waals surface area (Å²) in [7, 11) is 0. The molecule has 2 atom stereocenters. The first kappa shape index (κ1) is 39.3. The standard InChI is InChI=1S/C27H48N8O10/c1-2-3-4-5-29-23(38)15-30-27(45)20(14-21(28)37)31-22(19-36)35-12-10-33(17-25(41)42)8-6-32(16-24(39)40)7-9-34(11-13-35)18-26(43)44/h19-20,22,31H,2-18H2,1H3,(H2,28,37)(H,29,38)(H,30,45)(H,39,40)(H,41,42)(H,43,44)/t20-,22?/m1/s1. The van der Waals surface area contributed by atoms with Gasteiger partial charge >= 0.3 is 17.9 Å². The molecule has 0 radical (unpaired) electrons. The van der Waals surface area contributed by atoms with Gasteiger partial charge in [0.25, 0.3) is 0 Å². The lowest BCUT2D eigenvalue weighted by atomic mass is 10.1. The van der Waals surface area contributed by atoms with E-state index >= 15 is 0 Å². The van der Waals surface area contributed by atoms with E-state index in [1.165, 1.54) is 0 Å². The molecular weight excluding hydrogens is 596 g/mol. The van der Waals surface area contributed by atoms with Crippen LogP contribution in [0.5, 0.6) is 0 Å². The number of carbonyl (C=O) groups is 7. The summed E-state index contributed by atoms with van der Waals surface area (Å²) in [5, 5.41) is 36.1. The van der Waals surface area contributed by atoms with Gasteiger partial charge in [-0.1, -0.05) is 19.8 Å². The number of aliphatic carboxylic acids is 3. The van der Waals surface area contributed by atoms with Gasteiger partial charge in [-0.05, 0) is 6.42 Å². The first-order valence-electron chi connectivity index (χ1n) is 14.9. The molecule has 0 bridgehead atoms. The van der Waals surface area contributed by atoms with Crippen molar-refractivity contribution in [1.82, 2.24) is 35.6 Å². The summed E-state index contributed by atoms with van der Waals surface area (Å²) in [5.74, 6) is -5.29. The molecule has 1 aliphatic rings. The number of unbranched alkanes of at least 4 members (excludes halogenated alkanes) is 2. The average molecular weight is 645 g/mol. The number of carboxylic acid groups (broad SMARTS) is 3. The van der Waals surface area contributed by atoms with E-state index in [0.717, 1.165) is 19.3 Å². The van der Waals surface area contributed by atoms with Crippen LogP contribution in [0.1, 0.15) is 32.6 Å². The van der Waals surface area contributed by atoms with Crippen molar-refractivity contribution in [3.05, 3.63) is 0 Å². The van der Waals surface area contributed by atoms with Crippen LogP contribution in [-0.4, -0.2) is 174 Å². The SMILES string of the molecule is CCCCCNC(=O)CNC(=O)[C@@H](CC(N)=O)NC(C=O)N1CCN(CC(=O)O)CCN(CC(=O)O)CCN(CC(=O)O)CC1. The van der Waals surface area contributed by atoms with Gasteiger partial charge in [0.15, 0.2) is 6.29 Å². The zero-order valence-corrected chi connectivity index (χ0v) is 25.8. The predicted molar refractivity (Wildman–Crippen MR) is 160 cm³/mol. The van der Waals surface area contributed by atoms with Crippen molar-refractivity contribution in [3.8, 4) is 0 Å². The number of primary amides is 1. The normalized spacial score (nSPS) is 17.6. The van der Waals surface area contributed by atoms with Gasteiger partial charge in [0.05, 0.1) is 38.6 Å². The molecule has 18 heteroatoms. The Morgan fingerprint density at radius 3 is 1.62 bits per heavy atom. The maximum Gasteiger partial charge on any atom is 0.317 e. The molecule has 1 unspecified atom stereocenters. The third-order valence-corrected chi connectivity index (χ3v) is 7.09. The Morgan fingerprint density at radius 2 is 1.22 bits per heavy atom. The minimum absolute atomic E-state index is 0.0919. The van der Waals surface area contributed by atoms with Gasteiger partial charge in [-0.2, -0.15) is 0 Å². The third kappa shape index (κ3) is 18.0. The molecular formula is C27H48N8O10. The number of nitrogens with two attached hydrogens (primary N) is 1. The van der Waals surface area contributed by atoms with Gasteiger partial charge < -0.3 is 36.5 Å². The van der Waals surface area contributed by atoms with Crippen molar-refractivity contribution in [2.45, 2.75) is 44.8 Å². The molecule has 0 saturated carbocycles. The zero-order chi connectivity index (χ0) is 33.8. The summed E-state index contributed by atoms with van der Waals surface area (Å²) in [6.07, 6.45) is 1.54. The number of aldehydes is 1. The summed E-state index contributed by atoms with van der Waals surface area (Å²) in [5.41, 5.74) is 5.36. The van der Waals surface area contributed by atoms with Crippen molar-refractivity contribution >= 4 is 41.9 Å². The highest BCUT2D eigenvalue weighted by atomic mass is 16.4. The summed E-state index contributed by atoms with van der Waals surface area (Å²) < 4.78 is 0. The number of nitrogens with zero attached hydrogens (tertiary/aromatic N) is 4. The third-order valence-electron chi connectivity index (χ3n) is 7.09. The summed E-state index contributed by atoms with van der Waals surface area (Å²) in [6, 6.07) is -1.29. The minimum atomic E-state index is -1.29. The Labute approximate surface area is 262 Å². The van der Waals surface area contributed by atoms with Crippen molar-refractivity contribution in [3.63, 3.8) is 0 Å². The minimum Gasteiger partial charge on any atom is -0.480 e. The lowest BCUT2D eigenvalue weighted by molar-refractivity contribution is -0.140. The Bertz CT molecular complexity index is 969. The largest absolute Gasteiger partial charge is 0.480 e. The van der Waals surface area contributed by atoms with Crippen LogP contribution in [0.3, 0.4) is 0 Å². The van der Waals surface area contributed by atoms with Crippen LogP contribution >= 0.6 is 0 Å². The van der Waals surface area contributed by atoms with Crippen LogP contribution < -0.4 is 21.7 Å². The zero-order valence-electron chi connectivity index (χ0n) is 25.8. The summed E-state index contributed by atoms with van der Waals surface area (Å²) in [6.45, 7) is 2.29. The van der Waals surface area contributed by atoms with Gasteiger partial charge in [-0.3, -0.25) is 53.7 Å². The van der Waals surface area contributed by atoms with E-state index in [2.05, 4.69) is 16.0 Å². The maximum absolute atomic E-state index is 13.0. The number of rotatable bonds is 19. The van der Waals surface area contributed by atoms with E-state index in [1.54, 1.807) is 19.6 Å². The second-order valence-corrected chi connectivity index (χ2v) is 10.8. The second-order valence-electron chi connectivity index (χ2n) is 10.8. The van der Waals surface area contributed by atoms with Gasteiger partial charge in [-0.15, -0.1) is 0 Å². The molecule has 0 aromatic rings. The van der Waals surface area contributed by atoms with Crippen LogP contribution in [-0.2, 0) is 33.6 Å². The number of carbonyl (C=O) groups excluding carboxylic acids is 4.